The number of carbonyl (C=O) groups is 2. The molecule has 0 spiro atoms. The molecule has 2 amide bonds. The van der Waals surface area contributed by atoms with E-state index in [1.807, 2.05) is 24.0 Å². The molecule has 4 aromatic heterocycles. The van der Waals surface area contributed by atoms with E-state index in [1.54, 1.807) is 31.5 Å². The quantitative estimate of drug-likeness (QED) is 0.386. The number of piperidine rings is 1. The lowest BCUT2D eigenvalue weighted by atomic mass is 9.98. The van der Waals surface area contributed by atoms with E-state index in [0.29, 0.717) is 47.2 Å². The molecule has 4 aromatic rings. The average molecular weight is 475 g/mol. The van der Waals surface area contributed by atoms with Gasteiger partial charge in [-0.3, -0.25) is 24.8 Å². The minimum absolute atomic E-state index is 0.129. The van der Waals surface area contributed by atoms with Gasteiger partial charge in [0.1, 0.15) is 17.0 Å². The van der Waals surface area contributed by atoms with Crippen LogP contribution in [0.2, 0.25) is 0 Å². The lowest BCUT2D eigenvalue weighted by Gasteiger charge is -2.34. The van der Waals surface area contributed by atoms with E-state index in [4.69, 9.17) is 4.52 Å². The van der Waals surface area contributed by atoms with Crippen molar-refractivity contribution in [3.8, 4) is 11.3 Å². The second-order valence-electron chi connectivity index (χ2n) is 8.49. The maximum Gasteiger partial charge on any atom is 0.272 e. The van der Waals surface area contributed by atoms with E-state index in [2.05, 4.69) is 35.9 Å². The van der Waals surface area contributed by atoms with Crippen LogP contribution in [-0.2, 0) is 6.42 Å². The molecule has 1 fully saturated rings. The van der Waals surface area contributed by atoms with E-state index >= 15 is 0 Å². The predicted octanol–water partition coefficient (Wildman–Crippen LogP) is 3.67. The van der Waals surface area contributed by atoms with Gasteiger partial charge in [-0.05, 0) is 50.8 Å². The van der Waals surface area contributed by atoms with Gasteiger partial charge in [0.15, 0.2) is 5.82 Å². The molecule has 1 aliphatic heterocycles. The Kier molecular flexibility index (Phi) is 6.13. The smallest absolute Gasteiger partial charge is 0.272 e. The first kappa shape index (κ1) is 22.5. The van der Waals surface area contributed by atoms with Gasteiger partial charge < -0.3 is 14.7 Å². The molecule has 0 radical (unpaired) electrons. The number of H-pyrrole nitrogens is 2. The van der Waals surface area contributed by atoms with Gasteiger partial charge in [0, 0.05) is 30.6 Å². The Bertz CT molecular complexity index is 1340. The van der Waals surface area contributed by atoms with Crippen LogP contribution in [0.25, 0.3) is 11.3 Å². The molecule has 11 nitrogen and oxygen atoms in total. The van der Waals surface area contributed by atoms with Gasteiger partial charge in [0.05, 0.1) is 23.1 Å². The summed E-state index contributed by atoms with van der Waals surface area (Å²) in [6.07, 6.45) is 6.65. The summed E-state index contributed by atoms with van der Waals surface area (Å²) in [6, 6.07) is 7.04. The molecule has 3 N–H and O–H groups in total. The van der Waals surface area contributed by atoms with Gasteiger partial charge in [0.2, 0.25) is 0 Å². The Hall–Kier alpha value is -4.28. The average Bonchev–Trinajstić information content (AvgIpc) is 3.64. The number of nitrogens with zero attached hydrogens (tertiary/aromatic N) is 5. The van der Waals surface area contributed by atoms with Gasteiger partial charge in [-0.25, -0.2) is 0 Å². The van der Waals surface area contributed by atoms with Crippen molar-refractivity contribution in [2.45, 2.75) is 45.6 Å². The molecule has 180 valence electrons. The summed E-state index contributed by atoms with van der Waals surface area (Å²) < 4.78 is 5.16. The third-order valence-corrected chi connectivity index (χ3v) is 6.24. The minimum Gasteiger partial charge on any atom is -0.361 e. The number of hydrogen-bond donors (Lipinski definition) is 3. The Morgan fingerprint density at radius 2 is 2.00 bits per heavy atom. The lowest BCUT2D eigenvalue weighted by Crippen LogP contribution is -2.38. The molecular weight excluding hydrogens is 448 g/mol. The third kappa shape index (κ3) is 4.44. The molecule has 0 saturated carbocycles. The number of pyridine rings is 1. The SMILES string of the molecule is CCc1noc(C)c1C(=O)Nc1cc(C2CCCCN2C(=O)c2cc(-c3ccncc3)n[nH]2)[nH]n1. The van der Waals surface area contributed by atoms with Crippen LogP contribution in [0.3, 0.4) is 0 Å². The van der Waals surface area contributed by atoms with E-state index in [-0.39, 0.29) is 17.9 Å². The monoisotopic (exact) mass is 474 g/mol. The van der Waals surface area contributed by atoms with Gasteiger partial charge in [0.25, 0.3) is 11.8 Å². The molecule has 1 saturated heterocycles. The highest BCUT2D eigenvalue weighted by Crippen LogP contribution is 2.32. The number of aryl methyl sites for hydroxylation is 2. The number of aromatic nitrogens is 6. The Balaban J connectivity index is 1.33. The molecule has 5 heterocycles. The first-order chi connectivity index (χ1) is 17.0. The maximum atomic E-state index is 13.4. The molecule has 35 heavy (non-hydrogen) atoms. The number of anilines is 1. The first-order valence-electron chi connectivity index (χ1n) is 11.6. The molecule has 1 atom stereocenters. The molecular formula is C24H26N8O3. The van der Waals surface area contributed by atoms with E-state index in [1.165, 1.54) is 0 Å². The van der Waals surface area contributed by atoms with E-state index in [9.17, 15) is 9.59 Å². The number of nitrogens with one attached hydrogen (secondary N) is 3. The summed E-state index contributed by atoms with van der Waals surface area (Å²) in [5.41, 5.74) is 3.79. The summed E-state index contributed by atoms with van der Waals surface area (Å²) >= 11 is 0. The number of likely N-dealkylation sites (tertiary alicyclic amines) is 1. The highest BCUT2D eigenvalue weighted by Gasteiger charge is 2.31. The number of rotatable bonds is 6. The van der Waals surface area contributed by atoms with Crippen molar-refractivity contribution in [3.05, 3.63) is 65.1 Å². The van der Waals surface area contributed by atoms with Gasteiger partial charge in [-0.15, -0.1) is 0 Å². The second kappa shape index (κ2) is 9.53. The van der Waals surface area contributed by atoms with Crippen LogP contribution in [0, 0.1) is 6.92 Å². The largest absolute Gasteiger partial charge is 0.361 e. The lowest BCUT2D eigenvalue weighted by molar-refractivity contribution is 0.0599. The Morgan fingerprint density at radius 1 is 1.17 bits per heavy atom. The molecule has 0 aromatic carbocycles. The maximum absolute atomic E-state index is 13.4. The molecule has 11 heteroatoms. The van der Waals surface area contributed by atoms with Gasteiger partial charge in [-0.2, -0.15) is 10.2 Å². The van der Waals surface area contributed by atoms with Crippen molar-refractivity contribution >= 4 is 17.6 Å². The van der Waals surface area contributed by atoms with Crippen LogP contribution in [-0.4, -0.2) is 53.8 Å². The fourth-order valence-corrected chi connectivity index (χ4v) is 4.46. The first-order valence-corrected chi connectivity index (χ1v) is 11.6. The molecule has 0 bridgehead atoms. The number of amides is 2. The molecule has 5 rings (SSSR count). The Labute approximate surface area is 201 Å². The predicted molar refractivity (Wildman–Crippen MR) is 127 cm³/mol. The number of carbonyl (C=O) groups excluding carboxylic acids is 2. The topological polar surface area (TPSA) is 146 Å². The molecule has 1 aliphatic rings. The van der Waals surface area contributed by atoms with Crippen LogP contribution in [0.4, 0.5) is 5.82 Å². The summed E-state index contributed by atoms with van der Waals surface area (Å²) in [5, 5.41) is 21.2. The van der Waals surface area contributed by atoms with Gasteiger partial charge >= 0.3 is 0 Å². The van der Waals surface area contributed by atoms with Crippen molar-refractivity contribution in [1.29, 1.82) is 0 Å². The molecule has 1 unspecified atom stereocenters. The standard InChI is InChI=1S/C24H26N8O3/c1-3-16-22(14(2)35-31-16)23(33)26-21-13-18(28-30-21)20-6-4-5-11-32(20)24(34)19-12-17(27-29-19)15-7-9-25-10-8-15/h7-10,12-13,20H,3-6,11H2,1-2H3,(H,27,29)(H2,26,28,30,33). The highest BCUT2D eigenvalue weighted by molar-refractivity contribution is 6.05. The van der Waals surface area contributed by atoms with Gasteiger partial charge in [-0.1, -0.05) is 12.1 Å². The second-order valence-corrected chi connectivity index (χ2v) is 8.49. The van der Waals surface area contributed by atoms with Crippen LogP contribution in [0.5, 0.6) is 0 Å². The van der Waals surface area contributed by atoms with Crippen LogP contribution in [0.15, 0.2) is 41.2 Å². The highest BCUT2D eigenvalue weighted by atomic mass is 16.5. The van der Waals surface area contributed by atoms with E-state index < -0.39 is 0 Å². The summed E-state index contributed by atoms with van der Waals surface area (Å²) in [6.45, 7) is 4.24. The summed E-state index contributed by atoms with van der Waals surface area (Å²) in [5.74, 6) is 0.392. The minimum atomic E-state index is -0.323. The fraction of sp³-hybridized carbons (Fsp3) is 0.333. The van der Waals surface area contributed by atoms with Crippen molar-refractivity contribution < 1.29 is 14.1 Å². The third-order valence-electron chi connectivity index (χ3n) is 6.24. The zero-order chi connectivity index (χ0) is 24.4. The zero-order valence-electron chi connectivity index (χ0n) is 19.5. The van der Waals surface area contributed by atoms with Crippen molar-refractivity contribution in [2.75, 3.05) is 11.9 Å². The van der Waals surface area contributed by atoms with E-state index in [0.717, 1.165) is 30.5 Å². The fourth-order valence-electron chi connectivity index (χ4n) is 4.46. The van der Waals surface area contributed by atoms with Crippen molar-refractivity contribution in [2.24, 2.45) is 0 Å². The normalized spacial score (nSPS) is 15.8. The zero-order valence-corrected chi connectivity index (χ0v) is 19.5. The van der Waals surface area contributed by atoms with Crippen LogP contribution in [0.1, 0.15) is 70.2 Å². The van der Waals surface area contributed by atoms with Crippen molar-refractivity contribution in [1.82, 2.24) is 35.4 Å². The Morgan fingerprint density at radius 3 is 2.80 bits per heavy atom. The molecule has 0 aliphatic carbocycles. The number of hydrogen-bond acceptors (Lipinski definition) is 7. The van der Waals surface area contributed by atoms with Crippen molar-refractivity contribution in [3.63, 3.8) is 0 Å². The summed E-state index contributed by atoms with van der Waals surface area (Å²) in [7, 11) is 0. The number of aromatic amines is 2. The van der Waals surface area contributed by atoms with Crippen LogP contribution < -0.4 is 5.32 Å². The van der Waals surface area contributed by atoms with Crippen LogP contribution >= 0.6 is 0 Å². The summed E-state index contributed by atoms with van der Waals surface area (Å²) in [4.78, 5) is 32.0.